The van der Waals surface area contributed by atoms with Crippen LogP contribution in [0.4, 0.5) is 13.2 Å². The van der Waals surface area contributed by atoms with Gasteiger partial charge in [-0.05, 0) is 37.0 Å². The maximum atomic E-state index is 14.4. The Kier molecular flexibility index (Phi) is 6.85. The van der Waals surface area contributed by atoms with E-state index in [1.807, 2.05) is 6.07 Å². The van der Waals surface area contributed by atoms with Gasteiger partial charge in [-0.2, -0.15) is 13.2 Å². The lowest BCUT2D eigenvalue weighted by molar-refractivity contribution is -0.278. The van der Waals surface area contributed by atoms with Crippen LogP contribution in [0.15, 0.2) is 47.5 Å². The molecule has 0 aromatic heterocycles. The van der Waals surface area contributed by atoms with Gasteiger partial charge in [0.1, 0.15) is 18.0 Å². The van der Waals surface area contributed by atoms with E-state index in [2.05, 4.69) is 0 Å². The van der Waals surface area contributed by atoms with Crippen molar-refractivity contribution < 1.29 is 41.7 Å². The van der Waals surface area contributed by atoms with Crippen LogP contribution >= 0.6 is 0 Å². The highest BCUT2D eigenvalue weighted by atomic mass is 19.4. The highest BCUT2D eigenvalue weighted by molar-refractivity contribution is 6.12. The maximum absolute atomic E-state index is 14.4. The van der Waals surface area contributed by atoms with Crippen molar-refractivity contribution in [1.82, 2.24) is 0 Å². The van der Waals surface area contributed by atoms with Crippen LogP contribution in [0.2, 0.25) is 0 Å². The van der Waals surface area contributed by atoms with Crippen LogP contribution in [0.3, 0.4) is 0 Å². The Morgan fingerprint density at radius 1 is 1.05 bits per heavy atom. The average Bonchev–Trinajstić information content (AvgIpc) is 2.90. The molecule has 0 saturated carbocycles. The van der Waals surface area contributed by atoms with Crippen molar-refractivity contribution in [2.45, 2.75) is 49.7 Å². The fourth-order valence-corrected chi connectivity index (χ4v) is 5.45. The number of halogens is 3. The Morgan fingerprint density at radius 3 is 2.47 bits per heavy atom. The molecule has 2 bridgehead atoms. The number of fused-ring (bicyclic) bond motifs is 4. The summed E-state index contributed by atoms with van der Waals surface area (Å²) in [5.41, 5.74) is -0.123. The minimum atomic E-state index is -5.05. The molecule has 2 aromatic rings. The quantitative estimate of drug-likeness (QED) is 0.489. The Morgan fingerprint density at radius 2 is 1.82 bits per heavy atom. The van der Waals surface area contributed by atoms with Gasteiger partial charge in [0.05, 0.1) is 25.5 Å². The van der Waals surface area contributed by atoms with Gasteiger partial charge in [0.15, 0.2) is 11.5 Å². The van der Waals surface area contributed by atoms with Crippen LogP contribution in [0.25, 0.3) is 5.76 Å². The van der Waals surface area contributed by atoms with Crippen molar-refractivity contribution in [3.63, 3.8) is 0 Å². The summed E-state index contributed by atoms with van der Waals surface area (Å²) >= 11 is 0. The first-order valence-electron chi connectivity index (χ1n) is 12.3. The zero-order chi connectivity index (χ0) is 27.1. The van der Waals surface area contributed by atoms with E-state index in [9.17, 15) is 18.0 Å². The van der Waals surface area contributed by atoms with Crippen LogP contribution in [-0.4, -0.2) is 57.9 Å². The highest BCUT2D eigenvalue weighted by Crippen LogP contribution is 2.47. The molecule has 0 amide bonds. The van der Waals surface area contributed by atoms with E-state index in [-0.39, 0.29) is 18.4 Å². The molecule has 2 aromatic carbocycles. The van der Waals surface area contributed by atoms with Gasteiger partial charge in [-0.15, -0.1) is 0 Å². The minimum Gasteiger partial charge on any atom is -0.493 e. The number of ether oxygens (including phenoxy) is 5. The Bertz CT molecular complexity index is 1290. The summed E-state index contributed by atoms with van der Waals surface area (Å²) in [6.45, 7) is 0.577. The van der Waals surface area contributed by atoms with Gasteiger partial charge in [-0.3, -0.25) is 4.99 Å². The van der Waals surface area contributed by atoms with E-state index in [0.29, 0.717) is 35.8 Å². The zero-order valence-corrected chi connectivity index (χ0v) is 21.3. The molecule has 0 aliphatic carbocycles. The molecule has 3 heterocycles. The van der Waals surface area contributed by atoms with Gasteiger partial charge in [0.2, 0.25) is 0 Å². The van der Waals surface area contributed by atoms with Gasteiger partial charge in [0, 0.05) is 31.2 Å². The molecule has 0 fully saturated rings. The van der Waals surface area contributed by atoms with E-state index in [4.69, 9.17) is 28.7 Å². The normalized spacial score (nSPS) is 23.2. The molecule has 0 spiro atoms. The van der Waals surface area contributed by atoms with E-state index >= 15 is 0 Å². The second-order valence-corrected chi connectivity index (χ2v) is 9.30. The number of esters is 1. The number of aliphatic imine (C=N–C) groups is 1. The van der Waals surface area contributed by atoms with Crippen LogP contribution in [0.1, 0.15) is 41.5 Å². The Labute approximate surface area is 218 Å². The van der Waals surface area contributed by atoms with Gasteiger partial charge in [-0.25, -0.2) is 4.79 Å². The van der Waals surface area contributed by atoms with Crippen LogP contribution in [0, 0.1) is 0 Å². The monoisotopic (exact) mass is 531 g/mol. The number of rotatable bonds is 6. The largest absolute Gasteiger partial charge is 0.493 e. The average molecular weight is 532 g/mol. The molecule has 0 saturated heterocycles. The number of nitrogens with zero attached hydrogens (tertiary/aromatic N) is 1. The molecule has 202 valence electrons. The molecule has 7 nitrogen and oxygen atoms in total. The molecular weight excluding hydrogens is 503 g/mol. The van der Waals surface area contributed by atoms with E-state index < -0.39 is 30.0 Å². The highest BCUT2D eigenvalue weighted by Gasteiger charge is 2.64. The van der Waals surface area contributed by atoms with Crippen molar-refractivity contribution in [2.24, 2.45) is 4.99 Å². The number of carbonyl (C=O) groups is 1. The van der Waals surface area contributed by atoms with Crippen molar-refractivity contribution >= 4 is 17.4 Å². The molecule has 3 aliphatic heterocycles. The number of alkyl halides is 3. The number of hydrogen-bond donors (Lipinski definition) is 0. The smallest absolute Gasteiger partial charge is 0.432 e. The maximum Gasteiger partial charge on any atom is 0.432 e. The summed E-state index contributed by atoms with van der Waals surface area (Å²) in [4.78, 5) is 18.0. The third kappa shape index (κ3) is 4.11. The second-order valence-electron chi connectivity index (χ2n) is 9.30. The Hall–Kier alpha value is -3.53. The number of benzene rings is 2. The topological polar surface area (TPSA) is 75.6 Å². The van der Waals surface area contributed by atoms with Gasteiger partial charge < -0.3 is 23.7 Å². The van der Waals surface area contributed by atoms with Gasteiger partial charge in [-0.1, -0.05) is 30.3 Å². The number of hydrogen-bond acceptors (Lipinski definition) is 7. The summed E-state index contributed by atoms with van der Waals surface area (Å²) in [6, 6.07) is 8.75. The summed E-state index contributed by atoms with van der Waals surface area (Å²) in [7, 11) is 3.94. The fraction of sp³-hybridized carbons (Fsp3) is 0.429. The number of methoxy groups -OCH3 is 3. The lowest BCUT2D eigenvalue weighted by Gasteiger charge is -2.37. The van der Waals surface area contributed by atoms with Crippen molar-refractivity contribution in [1.29, 1.82) is 0 Å². The SMILES string of the molecule is COc1cc2c3c(c1OC)/C1=C\C[C@H](OC(=O)[C@](OC)(c4ccccc4)C(F)(F)F)CC[C@@H](O1)C3=NCC2. The lowest BCUT2D eigenvalue weighted by atomic mass is 9.83. The first kappa shape index (κ1) is 26.1. The zero-order valence-electron chi connectivity index (χ0n) is 21.3. The van der Waals surface area contributed by atoms with Gasteiger partial charge >= 0.3 is 12.1 Å². The molecule has 0 N–H and O–H groups in total. The molecule has 0 unspecified atom stereocenters. The molecule has 38 heavy (non-hydrogen) atoms. The van der Waals surface area contributed by atoms with Crippen molar-refractivity contribution in [3.05, 3.63) is 64.7 Å². The summed E-state index contributed by atoms with van der Waals surface area (Å²) in [5.74, 6) is 0.0267. The molecular formula is C28H28F3NO6. The van der Waals surface area contributed by atoms with Gasteiger partial charge in [0.25, 0.3) is 5.60 Å². The third-order valence-corrected chi connectivity index (χ3v) is 7.26. The van der Waals surface area contributed by atoms with Crippen LogP contribution in [0.5, 0.6) is 11.5 Å². The van der Waals surface area contributed by atoms with E-state index in [1.165, 1.54) is 31.4 Å². The molecule has 5 rings (SSSR count). The van der Waals surface area contributed by atoms with Crippen molar-refractivity contribution in [3.8, 4) is 11.5 Å². The molecule has 3 aliphatic rings. The third-order valence-electron chi connectivity index (χ3n) is 7.26. The summed E-state index contributed by atoms with van der Waals surface area (Å²) in [6.07, 6.45) is -3.03. The molecule has 3 atom stereocenters. The first-order chi connectivity index (χ1) is 18.2. The van der Waals surface area contributed by atoms with Crippen LogP contribution < -0.4 is 9.47 Å². The molecule has 0 radical (unpaired) electrons. The minimum absolute atomic E-state index is 0.141. The van der Waals surface area contributed by atoms with E-state index in [1.54, 1.807) is 19.3 Å². The Balaban J connectivity index is 1.51. The van der Waals surface area contributed by atoms with E-state index in [0.717, 1.165) is 30.4 Å². The predicted molar refractivity (Wildman–Crippen MR) is 132 cm³/mol. The summed E-state index contributed by atoms with van der Waals surface area (Å²) < 4.78 is 71.1. The predicted octanol–water partition coefficient (Wildman–Crippen LogP) is 4.99. The lowest BCUT2D eigenvalue weighted by Crippen LogP contribution is -2.52. The first-order valence-corrected chi connectivity index (χ1v) is 12.3. The van der Waals surface area contributed by atoms with Crippen molar-refractivity contribution in [2.75, 3.05) is 27.9 Å². The molecule has 10 heteroatoms. The fourth-order valence-electron chi connectivity index (χ4n) is 5.45. The number of carbonyl (C=O) groups excluding carboxylic acids is 1. The standard InChI is InChI=1S/C28H28F3NO6/c1-34-21-15-16-13-14-32-24-20-12-10-18(9-11-19(38-20)23(22(16)24)25(21)35-2)37-26(33)27(36-3,28(29,30)31)17-7-5-4-6-8-17/h4-8,11,15,18,20H,9-10,12-14H2,1-3H3/b19-11+/t18-,20+,27+/m0/s1. The summed E-state index contributed by atoms with van der Waals surface area (Å²) in [5, 5.41) is 0. The van der Waals surface area contributed by atoms with Crippen LogP contribution in [-0.2, 0) is 31.0 Å². The second kappa shape index (κ2) is 9.98.